The number of nitrogens with zero attached hydrogens (tertiary/aromatic N) is 3. The molecule has 2 heterocycles. The van der Waals surface area contributed by atoms with Crippen LogP contribution in [0.1, 0.15) is 11.1 Å². The number of ether oxygens (including phenoxy) is 1. The third-order valence-corrected chi connectivity index (χ3v) is 7.06. The number of benzene rings is 3. The molecule has 0 unspecified atom stereocenters. The summed E-state index contributed by atoms with van der Waals surface area (Å²) in [5, 5.41) is 12.2. The largest absolute Gasteiger partial charge is 0.504 e. The predicted octanol–water partition coefficient (Wildman–Crippen LogP) is 5.58. The lowest BCUT2D eigenvalue weighted by Crippen LogP contribution is -2.57. The fourth-order valence-electron chi connectivity index (χ4n) is 3.98. The van der Waals surface area contributed by atoms with Gasteiger partial charge in [0, 0.05) is 10.9 Å². The Morgan fingerprint density at radius 1 is 0.973 bits per heavy atom. The van der Waals surface area contributed by atoms with Crippen molar-refractivity contribution < 1.29 is 19.4 Å². The van der Waals surface area contributed by atoms with Crippen LogP contribution in [0.4, 0.5) is 10.8 Å². The van der Waals surface area contributed by atoms with Gasteiger partial charge in [-0.2, -0.15) is 0 Å². The van der Waals surface area contributed by atoms with Gasteiger partial charge in [-0.1, -0.05) is 54.6 Å². The zero-order chi connectivity index (χ0) is 26.1. The third kappa shape index (κ3) is 4.50. The van der Waals surface area contributed by atoms with Gasteiger partial charge in [0.25, 0.3) is 11.8 Å². The lowest BCUT2D eigenvalue weighted by Gasteiger charge is -2.35. The monoisotopic (exact) mass is 527 g/mol. The van der Waals surface area contributed by atoms with Crippen LogP contribution in [0, 0.1) is 6.92 Å². The first-order chi connectivity index (χ1) is 17.9. The molecular formula is C28H21N3O4S2. The lowest BCUT2D eigenvalue weighted by atomic mass is 10.0. The van der Waals surface area contributed by atoms with Gasteiger partial charge in [0.1, 0.15) is 5.57 Å². The highest BCUT2D eigenvalue weighted by Crippen LogP contribution is 2.35. The number of hydrogen-bond donors (Lipinski definition) is 1. The first-order valence-electron chi connectivity index (χ1n) is 11.3. The minimum Gasteiger partial charge on any atom is -0.504 e. The average Bonchev–Trinajstić information content (AvgIpc) is 3.39. The fraction of sp³-hybridized carbons (Fsp3) is 0.0714. The second-order valence-electron chi connectivity index (χ2n) is 8.22. The Hall–Kier alpha value is -4.34. The van der Waals surface area contributed by atoms with E-state index in [1.807, 2.05) is 60.8 Å². The van der Waals surface area contributed by atoms with Crippen LogP contribution in [0.3, 0.4) is 0 Å². The van der Waals surface area contributed by atoms with E-state index in [-0.39, 0.29) is 22.2 Å². The van der Waals surface area contributed by atoms with Gasteiger partial charge in [-0.25, -0.2) is 9.88 Å². The molecule has 1 fully saturated rings. The van der Waals surface area contributed by atoms with Crippen molar-refractivity contribution >= 4 is 57.4 Å². The summed E-state index contributed by atoms with van der Waals surface area (Å²) >= 11 is 6.99. The van der Waals surface area contributed by atoms with Gasteiger partial charge in [0.05, 0.1) is 18.5 Å². The van der Waals surface area contributed by atoms with Crippen molar-refractivity contribution in [2.24, 2.45) is 0 Å². The first-order valence-corrected chi connectivity index (χ1v) is 12.6. The smallest absolute Gasteiger partial charge is 0.272 e. The van der Waals surface area contributed by atoms with Crippen LogP contribution in [-0.2, 0) is 9.59 Å². The van der Waals surface area contributed by atoms with Crippen LogP contribution in [0.5, 0.6) is 11.5 Å². The number of thiocarbonyl (C=S) groups is 1. The first kappa shape index (κ1) is 24.4. The molecule has 9 heteroatoms. The summed E-state index contributed by atoms with van der Waals surface area (Å²) in [7, 11) is 1.43. The summed E-state index contributed by atoms with van der Waals surface area (Å²) in [5.74, 6) is -0.958. The van der Waals surface area contributed by atoms with Crippen molar-refractivity contribution in [3.05, 3.63) is 94.9 Å². The Morgan fingerprint density at radius 3 is 2.41 bits per heavy atom. The fourth-order valence-corrected chi connectivity index (χ4v) is 5.22. The highest BCUT2D eigenvalue weighted by molar-refractivity contribution is 7.81. The van der Waals surface area contributed by atoms with Gasteiger partial charge in [-0.15, -0.1) is 11.3 Å². The maximum atomic E-state index is 13.8. The minimum absolute atomic E-state index is 0.0266. The maximum absolute atomic E-state index is 13.8. The molecule has 184 valence electrons. The van der Waals surface area contributed by atoms with E-state index in [2.05, 4.69) is 4.98 Å². The van der Waals surface area contributed by atoms with Crippen molar-refractivity contribution in [2.75, 3.05) is 16.9 Å². The maximum Gasteiger partial charge on any atom is 0.272 e. The SMILES string of the molecule is COc1cc(/C=C2\C(=O)N(c3nc(-c4ccccc4)cs3)C(=S)N(c3ccccc3C)C2=O)ccc1O. The van der Waals surface area contributed by atoms with E-state index in [0.29, 0.717) is 22.1 Å². The summed E-state index contributed by atoms with van der Waals surface area (Å²) in [6.07, 6.45) is 1.47. The number of aryl methyl sites for hydroxylation is 1. The number of carbonyl (C=O) groups excluding carboxylic acids is 2. The van der Waals surface area contributed by atoms with Crippen LogP contribution in [-0.4, -0.2) is 34.1 Å². The van der Waals surface area contributed by atoms with Gasteiger partial charge < -0.3 is 9.84 Å². The Balaban J connectivity index is 1.64. The van der Waals surface area contributed by atoms with Crippen molar-refractivity contribution in [3.63, 3.8) is 0 Å². The molecule has 37 heavy (non-hydrogen) atoms. The lowest BCUT2D eigenvalue weighted by molar-refractivity contribution is -0.120. The van der Waals surface area contributed by atoms with Crippen molar-refractivity contribution in [1.29, 1.82) is 0 Å². The van der Waals surface area contributed by atoms with E-state index in [1.54, 1.807) is 18.2 Å². The molecule has 0 atom stereocenters. The minimum atomic E-state index is -0.583. The van der Waals surface area contributed by atoms with Crippen molar-refractivity contribution in [2.45, 2.75) is 6.92 Å². The number of thiazole rings is 1. The molecule has 1 N–H and O–H groups in total. The summed E-state index contributed by atoms with van der Waals surface area (Å²) in [4.78, 5) is 34.9. The number of amides is 2. The normalized spacial score (nSPS) is 15.0. The van der Waals surface area contributed by atoms with Gasteiger partial charge in [0.15, 0.2) is 21.7 Å². The summed E-state index contributed by atoms with van der Waals surface area (Å²) in [6, 6.07) is 21.5. The van der Waals surface area contributed by atoms with Crippen LogP contribution in [0.2, 0.25) is 0 Å². The zero-order valence-electron chi connectivity index (χ0n) is 19.9. The van der Waals surface area contributed by atoms with E-state index < -0.39 is 11.8 Å². The zero-order valence-corrected chi connectivity index (χ0v) is 21.5. The molecule has 4 aromatic rings. The molecule has 0 bridgehead atoms. The Kier molecular flexibility index (Phi) is 6.56. The molecule has 7 nitrogen and oxygen atoms in total. The van der Waals surface area contributed by atoms with E-state index in [1.165, 1.54) is 40.4 Å². The Morgan fingerprint density at radius 2 is 1.68 bits per heavy atom. The number of phenolic OH excluding ortho intramolecular Hbond substituents is 1. The van der Waals surface area contributed by atoms with Gasteiger partial charge >= 0.3 is 0 Å². The molecular weight excluding hydrogens is 506 g/mol. The molecule has 0 saturated carbocycles. The number of anilines is 2. The molecule has 3 aromatic carbocycles. The average molecular weight is 528 g/mol. The Bertz CT molecular complexity index is 1560. The number of methoxy groups -OCH3 is 1. The number of aromatic nitrogens is 1. The van der Waals surface area contributed by atoms with E-state index in [9.17, 15) is 14.7 Å². The Labute approximate surface area is 222 Å². The third-order valence-electron chi connectivity index (χ3n) is 5.87. The quantitative estimate of drug-likeness (QED) is 0.207. The van der Waals surface area contributed by atoms with Crippen LogP contribution < -0.4 is 14.5 Å². The van der Waals surface area contributed by atoms with Gasteiger partial charge in [-0.3, -0.25) is 14.5 Å². The molecule has 2 amide bonds. The number of aromatic hydroxyl groups is 1. The van der Waals surface area contributed by atoms with Crippen LogP contribution in [0.25, 0.3) is 17.3 Å². The predicted molar refractivity (Wildman–Crippen MR) is 149 cm³/mol. The summed E-state index contributed by atoms with van der Waals surface area (Å²) in [6.45, 7) is 1.87. The highest BCUT2D eigenvalue weighted by atomic mass is 32.1. The highest BCUT2D eigenvalue weighted by Gasteiger charge is 2.42. The molecule has 0 spiro atoms. The molecule has 0 radical (unpaired) electrons. The van der Waals surface area contributed by atoms with E-state index >= 15 is 0 Å². The number of phenols is 1. The van der Waals surface area contributed by atoms with E-state index in [4.69, 9.17) is 17.0 Å². The van der Waals surface area contributed by atoms with Gasteiger partial charge in [-0.05, 0) is 54.5 Å². The molecule has 0 aliphatic carbocycles. The summed E-state index contributed by atoms with van der Waals surface area (Å²) in [5.41, 5.74) is 3.41. The number of carbonyl (C=O) groups is 2. The summed E-state index contributed by atoms with van der Waals surface area (Å²) < 4.78 is 5.19. The van der Waals surface area contributed by atoms with Crippen molar-refractivity contribution in [1.82, 2.24) is 4.98 Å². The van der Waals surface area contributed by atoms with Gasteiger partial charge in [0.2, 0.25) is 0 Å². The van der Waals surface area contributed by atoms with E-state index in [0.717, 1.165) is 11.1 Å². The topological polar surface area (TPSA) is 83.0 Å². The molecule has 1 aliphatic heterocycles. The number of rotatable bonds is 5. The number of hydrogen-bond acceptors (Lipinski definition) is 7. The number of para-hydroxylation sites is 1. The molecule has 5 rings (SSSR count). The standard InChI is InChI=1S/C28H21N3O4S2/c1-17-8-6-7-11-22(17)30-25(33)20(14-18-12-13-23(32)24(15-18)35-2)26(34)31(28(30)36)27-29-21(16-37-27)19-9-4-3-5-10-19/h3-16,32H,1-2H3/b20-14-. The second kappa shape index (κ2) is 9.96. The van der Waals surface area contributed by atoms with Crippen LogP contribution in [0.15, 0.2) is 83.7 Å². The van der Waals surface area contributed by atoms with Crippen LogP contribution >= 0.6 is 23.6 Å². The second-order valence-corrected chi connectivity index (χ2v) is 9.42. The van der Waals surface area contributed by atoms with Crippen molar-refractivity contribution in [3.8, 4) is 22.8 Å². The molecule has 1 aliphatic rings. The molecule has 1 aromatic heterocycles. The molecule has 1 saturated heterocycles.